The van der Waals surface area contributed by atoms with Crippen molar-refractivity contribution in [2.45, 2.75) is 32.2 Å². The molecule has 1 N–H and O–H groups in total. The Hall–Kier alpha value is -2.64. The van der Waals surface area contributed by atoms with E-state index in [2.05, 4.69) is 10.1 Å². The van der Waals surface area contributed by atoms with Gasteiger partial charge in [-0.2, -0.15) is 0 Å². The second kappa shape index (κ2) is 9.39. The number of amides is 1. The lowest BCUT2D eigenvalue weighted by Crippen LogP contribution is -2.43. The molecule has 0 spiro atoms. The number of hydrogen-bond donors (Lipinski definition) is 1. The summed E-state index contributed by atoms with van der Waals surface area (Å²) in [6.45, 7) is 2.24. The number of rotatable bonds is 8. The first-order valence-corrected chi connectivity index (χ1v) is 7.22. The Morgan fingerprint density at radius 2 is 1.96 bits per heavy atom. The minimum Gasteiger partial charge on any atom is -0.467 e. The number of hydrogen-bond acceptors (Lipinski definition) is 6. The second-order valence-corrected chi connectivity index (χ2v) is 4.84. The van der Waals surface area contributed by atoms with Crippen molar-refractivity contribution < 1.29 is 24.0 Å². The van der Waals surface area contributed by atoms with Crippen LogP contribution < -0.4 is 5.32 Å². The molecular weight excluding hydrogens is 304 g/mol. The van der Waals surface area contributed by atoms with Gasteiger partial charge in [-0.25, -0.2) is 9.59 Å². The summed E-state index contributed by atoms with van der Waals surface area (Å²) in [6, 6.07) is 4.80. The van der Waals surface area contributed by atoms with Gasteiger partial charge in [-0.05, 0) is 12.0 Å². The van der Waals surface area contributed by atoms with Gasteiger partial charge in [-0.1, -0.05) is 25.5 Å². The molecule has 0 aliphatic carbocycles. The Kier molecular flexibility index (Phi) is 7.52. The van der Waals surface area contributed by atoms with Crippen LogP contribution in [0.1, 0.15) is 25.3 Å². The van der Waals surface area contributed by atoms with Crippen LogP contribution in [0.5, 0.6) is 0 Å². The largest absolute Gasteiger partial charge is 0.467 e. The number of alkyl carbamates (subject to hydrolysis) is 1. The highest BCUT2D eigenvalue weighted by Gasteiger charge is 2.23. The van der Waals surface area contributed by atoms with Crippen molar-refractivity contribution in [2.75, 3.05) is 13.7 Å². The van der Waals surface area contributed by atoms with Gasteiger partial charge in [0.15, 0.2) is 0 Å². The Balaban J connectivity index is 2.69. The van der Waals surface area contributed by atoms with Gasteiger partial charge in [0.2, 0.25) is 0 Å². The van der Waals surface area contributed by atoms with E-state index in [-0.39, 0.29) is 18.7 Å². The molecule has 0 aromatic heterocycles. The average molecular weight is 324 g/mol. The minimum atomic E-state index is -0.921. The molecule has 1 rings (SSSR count). The summed E-state index contributed by atoms with van der Waals surface area (Å²) >= 11 is 0. The Labute approximate surface area is 133 Å². The maximum absolute atomic E-state index is 11.8. The predicted molar refractivity (Wildman–Crippen MR) is 82.0 cm³/mol. The number of carbonyl (C=O) groups excluding carboxylic acids is 2. The molecule has 0 saturated heterocycles. The summed E-state index contributed by atoms with van der Waals surface area (Å²) < 4.78 is 9.60. The zero-order valence-corrected chi connectivity index (χ0v) is 13.1. The van der Waals surface area contributed by atoms with E-state index >= 15 is 0 Å². The van der Waals surface area contributed by atoms with Crippen LogP contribution >= 0.6 is 0 Å². The zero-order chi connectivity index (χ0) is 17.2. The first kappa shape index (κ1) is 18.4. The smallest absolute Gasteiger partial charge is 0.407 e. The molecular formula is C15H20N2O6. The topological polar surface area (TPSA) is 108 Å². The van der Waals surface area contributed by atoms with Crippen LogP contribution in [0.25, 0.3) is 0 Å². The van der Waals surface area contributed by atoms with Gasteiger partial charge in [0, 0.05) is 18.6 Å². The van der Waals surface area contributed by atoms with Crippen LogP contribution in [-0.2, 0) is 20.7 Å². The summed E-state index contributed by atoms with van der Waals surface area (Å²) in [7, 11) is 1.22. The van der Waals surface area contributed by atoms with Crippen LogP contribution in [0.2, 0.25) is 0 Å². The quantitative estimate of drug-likeness (QED) is 0.340. The molecule has 8 heteroatoms. The van der Waals surface area contributed by atoms with Crippen molar-refractivity contribution in [3.8, 4) is 0 Å². The van der Waals surface area contributed by atoms with E-state index in [0.717, 1.165) is 12.8 Å². The molecule has 0 bridgehead atoms. The van der Waals surface area contributed by atoms with Gasteiger partial charge < -0.3 is 14.8 Å². The Morgan fingerprint density at radius 3 is 2.48 bits per heavy atom. The fraction of sp³-hybridized carbons (Fsp3) is 0.467. The van der Waals surface area contributed by atoms with E-state index in [1.54, 1.807) is 0 Å². The fourth-order valence-electron chi connectivity index (χ4n) is 1.82. The minimum absolute atomic E-state index is 0.0460. The lowest BCUT2D eigenvalue weighted by atomic mass is 10.1. The van der Waals surface area contributed by atoms with Crippen molar-refractivity contribution >= 4 is 17.7 Å². The SMILES string of the molecule is CCCCOC(=O)N[C@@H](Cc1ccc([N+](=O)[O-])cc1)C(=O)OC. The van der Waals surface area contributed by atoms with Crippen molar-refractivity contribution in [1.29, 1.82) is 0 Å². The van der Waals surface area contributed by atoms with E-state index in [0.29, 0.717) is 5.56 Å². The Morgan fingerprint density at radius 1 is 1.30 bits per heavy atom. The summed E-state index contributed by atoms with van der Waals surface area (Å²) in [5.41, 5.74) is 0.607. The predicted octanol–water partition coefficient (Wildman–Crippen LogP) is 2.21. The van der Waals surface area contributed by atoms with Crippen molar-refractivity contribution in [3.05, 3.63) is 39.9 Å². The summed E-state index contributed by atoms with van der Waals surface area (Å²) in [4.78, 5) is 33.5. The molecule has 23 heavy (non-hydrogen) atoms. The van der Waals surface area contributed by atoms with Crippen molar-refractivity contribution in [2.24, 2.45) is 0 Å². The molecule has 0 unspecified atom stereocenters. The van der Waals surface area contributed by atoms with Gasteiger partial charge in [0.25, 0.3) is 5.69 Å². The number of nitro benzene ring substituents is 1. The summed E-state index contributed by atoms with van der Waals surface area (Å²) in [5, 5.41) is 13.1. The Bertz CT molecular complexity index is 543. The molecule has 0 saturated carbocycles. The second-order valence-electron chi connectivity index (χ2n) is 4.84. The van der Waals surface area contributed by atoms with Crippen LogP contribution in [-0.4, -0.2) is 36.7 Å². The number of ether oxygens (including phenoxy) is 2. The molecule has 8 nitrogen and oxygen atoms in total. The van der Waals surface area contributed by atoms with Gasteiger partial charge in [-0.3, -0.25) is 10.1 Å². The number of nitro groups is 1. The first-order chi connectivity index (χ1) is 11.0. The van der Waals surface area contributed by atoms with Crippen LogP contribution in [0.3, 0.4) is 0 Å². The van der Waals surface area contributed by atoms with Gasteiger partial charge in [-0.15, -0.1) is 0 Å². The third kappa shape index (κ3) is 6.33. The number of non-ortho nitro benzene ring substituents is 1. The van der Waals surface area contributed by atoms with Gasteiger partial charge >= 0.3 is 12.1 Å². The van der Waals surface area contributed by atoms with E-state index < -0.39 is 23.0 Å². The van der Waals surface area contributed by atoms with E-state index in [1.807, 2.05) is 6.92 Å². The summed E-state index contributed by atoms with van der Waals surface area (Å²) in [5.74, 6) is -0.615. The maximum Gasteiger partial charge on any atom is 0.407 e. The van der Waals surface area contributed by atoms with E-state index in [4.69, 9.17) is 4.74 Å². The zero-order valence-electron chi connectivity index (χ0n) is 13.1. The third-order valence-electron chi connectivity index (χ3n) is 3.10. The lowest BCUT2D eigenvalue weighted by molar-refractivity contribution is -0.384. The number of benzene rings is 1. The monoisotopic (exact) mass is 324 g/mol. The number of nitrogens with one attached hydrogen (secondary N) is 1. The number of unbranched alkanes of at least 4 members (excludes halogenated alkanes) is 1. The summed E-state index contributed by atoms with van der Waals surface area (Å²) in [6.07, 6.45) is 1.07. The van der Waals surface area contributed by atoms with E-state index in [9.17, 15) is 19.7 Å². The molecule has 126 valence electrons. The van der Waals surface area contributed by atoms with Crippen molar-refractivity contribution in [3.63, 3.8) is 0 Å². The van der Waals surface area contributed by atoms with Gasteiger partial charge in [0.1, 0.15) is 6.04 Å². The molecule has 0 aliphatic heterocycles. The molecule has 0 aliphatic rings. The number of esters is 1. The van der Waals surface area contributed by atoms with Gasteiger partial charge in [0.05, 0.1) is 18.6 Å². The average Bonchev–Trinajstić information content (AvgIpc) is 2.54. The van der Waals surface area contributed by atoms with Crippen LogP contribution in [0, 0.1) is 10.1 Å². The molecule has 1 atom stereocenters. The molecule has 0 fully saturated rings. The normalized spacial score (nSPS) is 11.4. The highest BCUT2D eigenvalue weighted by Crippen LogP contribution is 2.13. The molecule has 0 heterocycles. The third-order valence-corrected chi connectivity index (χ3v) is 3.10. The standard InChI is InChI=1S/C15H20N2O6/c1-3-4-9-23-15(19)16-13(14(18)22-2)10-11-5-7-12(8-6-11)17(20)21/h5-8,13H,3-4,9-10H2,1-2H3,(H,16,19)/t13-/m0/s1. The molecule has 1 amide bonds. The van der Waals surface area contributed by atoms with Crippen molar-refractivity contribution in [1.82, 2.24) is 5.32 Å². The van der Waals surface area contributed by atoms with Crippen LogP contribution in [0.4, 0.5) is 10.5 Å². The first-order valence-electron chi connectivity index (χ1n) is 7.22. The molecule has 1 aromatic rings. The maximum atomic E-state index is 11.8. The van der Waals surface area contributed by atoms with E-state index in [1.165, 1.54) is 31.4 Å². The lowest BCUT2D eigenvalue weighted by Gasteiger charge is -2.16. The highest BCUT2D eigenvalue weighted by molar-refractivity contribution is 5.81. The highest BCUT2D eigenvalue weighted by atomic mass is 16.6. The molecule has 0 radical (unpaired) electrons. The molecule has 1 aromatic carbocycles. The fourth-order valence-corrected chi connectivity index (χ4v) is 1.82. The number of methoxy groups -OCH3 is 1. The van der Waals surface area contributed by atoms with Crippen LogP contribution in [0.15, 0.2) is 24.3 Å². The number of nitrogens with zero attached hydrogens (tertiary/aromatic N) is 1. The number of carbonyl (C=O) groups is 2.